The molecule has 0 aliphatic heterocycles. The molecule has 2 aromatic rings. The summed E-state index contributed by atoms with van der Waals surface area (Å²) in [5.41, 5.74) is -0.852. The fourth-order valence-electron chi connectivity index (χ4n) is 3.01. The normalized spacial score (nSPS) is 12.7. The summed E-state index contributed by atoms with van der Waals surface area (Å²) in [7, 11) is -4.45. The Bertz CT molecular complexity index is 1040. The molecule has 0 bridgehead atoms. The number of carbonyl (C=O) groups excluding carboxylic acids is 1. The quantitative estimate of drug-likeness (QED) is 0.500. The van der Waals surface area contributed by atoms with Crippen LogP contribution in [0.15, 0.2) is 53.4 Å². The summed E-state index contributed by atoms with van der Waals surface area (Å²) in [6, 6.07) is 9.45. The Labute approximate surface area is 187 Å². The first-order valence-electron chi connectivity index (χ1n) is 10.1. The summed E-state index contributed by atoms with van der Waals surface area (Å²) < 4.78 is 68.5. The first-order chi connectivity index (χ1) is 14.6. The van der Waals surface area contributed by atoms with Gasteiger partial charge in [-0.15, -0.1) is 0 Å². The van der Waals surface area contributed by atoms with E-state index in [1.54, 1.807) is 17.0 Å². The summed E-state index contributed by atoms with van der Waals surface area (Å²) in [4.78, 5) is 13.9. The Kier molecular flexibility index (Phi) is 7.65. The van der Waals surface area contributed by atoms with Crippen molar-refractivity contribution in [2.45, 2.75) is 52.2 Å². The van der Waals surface area contributed by atoms with Crippen LogP contribution in [0.2, 0.25) is 0 Å². The molecule has 32 heavy (non-hydrogen) atoms. The standard InChI is InChI=1S/C23H28F3NO4S/c1-16(2)14-27(21(28)22(3,4)5)15-17-9-11-19(12-10-17)31-32(29,30)20-8-6-7-18(13-20)23(24,25)26/h6-13,16H,14-15H2,1-5H3. The van der Waals surface area contributed by atoms with Crippen LogP contribution in [0.25, 0.3) is 0 Å². The van der Waals surface area contributed by atoms with Crippen LogP contribution in [0, 0.1) is 11.3 Å². The van der Waals surface area contributed by atoms with Gasteiger partial charge < -0.3 is 9.08 Å². The predicted molar refractivity (Wildman–Crippen MR) is 115 cm³/mol. The van der Waals surface area contributed by atoms with Gasteiger partial charge in [-0.3, -0.25) is 4.79 Å². The molecule has 0 atom stereocenters. The van der Waals surface area contributed by atoms with Crippen LogP contribution in [-0.4, -0.2) is 25.8 Å². The lowest BCUT2D eigenvalue weighted by atomic mass is 9.94. The van der Waals surface area contributed by atoms with Crippen molar-refractivity contribution in [2.75, 3.05) is 6.54 Å². The maximum Gasteiger partial charge on any atom is 0.416 e. The highest BCUT2D eigenvalue weighted by Gasteiger charge is 2.32. The summed E-state index contributed by atoms with van der Waals surface area (Å²) in [5, 5.41) is 0. The molecule has 176 valence electrons. The predicted octanol–water partition coefficient (Wildman–Crippen LogP) is 5.50. The number of nitrogens with zero attached hydrogens (tertiary/aromatic N) is 1. The first-order valence-corrected chi connectivity index (χ1v) is 11.5. The SMILES string of the molecule is CC(C)CN(Cc1ccc(OS(=O)(=O)c2cccc(C(F)(F)F)c2)cc1)C(=O)C(C)(C)C. The third-order valence-corrected chi connectivity index (χ3v) is 5.71. The van der Waals surface area contributed by atoms with E-state index in [1.165, 1.54) is 12.1 Å². The van der Waals surface area contributed by atoms with Crippen LogP contribution < -0.4 is 4.18 Å². The smallest absolute Gasteiger partial charge is 0.379 e. The van der Waals surface area contributed by atoms with E-state index in [-0.39, 0.29) is 17.6 Å². The number of hydrogen-bond acceptors (Lipinski definition) is 4. The summed E-state index contributed by atoms with van der Waals surface area (Å²) in [6.07, 6.45) is -4.67. The van der Waals surface area contributed by atoms with Crippen LogP contribution in [0.5, 0.6) is 5.75 Å². The highest BCUT2D eigenvalue weighted by Crippen LogP contribution is 2.31. The van der Waals surface area contributed by atoms with Gasteiger partial charge in [0.2, 0.25) is 5.91 Å². The molecule has 2 aromatic carbocycles. The molecule has 0 fully saturated rings. The molecule has 5 nitrogen and oxygen atoms in total. The second-order valence-electron chi connectivity index (χ2n) is 9.04. The highest BCUT2D eigenvalue weighted by molar-refractivity contribution is 7.87. The number of carbonyl (C=O) groups is 1. The van der Waals surface area contributed by atoms with Gasteiger partial charge in [-0.1, -0.05) is 52.8 Å². The lowest BCUT2D eigenvalue weighted by molar-refractivity contribution is -0.140. The molecule has 0 unspecified atom stereocenters. The van der Waals surface area contributed by atoms with Crippen molar-refractivity contribution in [3.63, 3.8) is 0 Å². The van der Waals surface area contributed by atoms with E-state index in [1.807, 2.05) is 34.6 Å². The summed E-state index contributed by atoms with van der Waals surface area (Å²) >= 11 is 0. The summed E-state index contributed by atoms with van der Waals surface area (Å²) in [5.74, 6) is 0.226. The molecule has 1 amide bonds. The lowest BCUT2D eigenvalue weighted by Gasteiger charge is -2.31. The van der Waals surface area contributed by atoms with E-state index in [9.17, 15) is 26.4 Å². The number of halogens is 3. The van der Waals surface area contributed by atoms with Crippen LogP contribution in [0.3, 0.4) is 0 Å². The van der Waals surface area contributed by atoms with Crippen molar-refractivity contribution < 1.29 is 30.6 Å². The van der Waals surface area contributed by atoms with Gasteiger partial charge >= 0.3 is 16.3 Å². The second-order valence-corrected chi connectivity index (χ2v) is 10.6. The van der Waals surface area contributed by atoms with E-state index < -0.39 is 32.2 Å². The third kappa shape index (κ3) is 6.98. The molecule has 0 aliphatic carbocycles. The zero-order valence-electron chi connectivity index (χ0n) is 18.7. The molecular weight excluding hydrogens is 443 g/mol. The topological polar surface area (TPSA) is 63.7 Å². The lowest BCUT2D eigenvalue weighted by Crippen LogP contribution is -2.41. The number of alkyl halides is 3. The Hall–Kier alpha value is -2.55. The number of benzene rings is 2. The zero-order valence-corrected chi connectivity index (χ0v) is 19.5. The molecular formula is C23H28F3NO4S. The van der Waals surface area contributed by atoms with Gasteiger partial charge in [-0.2, -0.15) is 21.6 Å². The van der Waals surface area contributed by atoms with Gasteiger partial charge in [0.25, 0.3) is 0 Å². The van der Waals surface area contributed by atoms with Crippen LogP contribution in [-0.2, 0) is 27.6 Å². The number of hydrogen-bond donors (Lipinski definition) is 0. The van der Waals surface area contributed by atoms with E-state index in [0.717, 1.165) is 23.8 Å². The maximum atomic E-state index is 12.9. The minimum atomic E-state index is -4.67. The molecule has 2 rings (SSSR count). The van der Waals surface area contributed by atoms with Crippen molar-refractivity contribution in [2.24, 2.45) is 11.3 Å². The molecule has 0 N–H and O–H groups in total. The molecule has 0 aliphatic rings. The van der Waals surface area contributed by atoms with Crippen molar-refractivity contribution >= 4 is 16.0 Å². The third-order valence-electron chi connectivity index (χ3n) is 4.47. The van der Waals surface area contributed by atoms with Gasteiger partial charge in [0.05, 0.1) is 5.56 Å². The van der Waals surface area contributed by atoms with Gasteiger partial charge in [-0.05, 0) is 41.8 Å². The van der Waals surface area contributed by atoms with Gasteiger partial charge in [0.1, 0.15) is 10.6 Å². The van der Waals surface area contributed by atoms with Crippen LogP contribution >= 0.6 is 0 Å². The molecule has 0 saturated heterocycles. The van der Waals surface area contributed by atoms with Crippen molar-refractivity contribution in [3.05, 3.63) is 59.7 Å². The minimum Gasteiger partial charge on any atom is -0.379 e. The van der Waals surface area contributed by atoms with Gasteiger partial charge in [-0.25, -0.2) is 0 Å². The average Bonchev–Trinajstić information content (AvgIpc) is 2.66. The maximum absolute atomic E-state index is 12.9. The molecule has 0 heterocycles. The Morgan fingerprint density at radius 2 is 1.62 bits per heavy atom. The zero-order chi connectivity index (χ0) is 24.3. The largest absolute Gasteiger partial charge is 0.416 e. The highest BCUT2D eigenvalue weighted by atomic mass is 32.2. The second kappa shape index (κ2) is 9.52. The fraction of sp³-hybridized carbons (Fsp3) is 0.435. The fourth-order valence-corrected chi connectivity index (χ4v) is 3.99. The van der Waals surface area contributed by atoms with Crippen molar-refractivity contribution in [1.82, 2.24) is 4.90 Å². The Balaban J connectivity index is 2.19. The Morgan fingerprint density at radius 3 is 2.12 bits per heavy atom. The van der Waals surface area contributed by atoms with E-state index in [4.69, 9.17) is 4.18 Å². The molecule has 0 radical (unpaired) electrons. The first kappa shape index (κ1) is 25.7. The van der Waals surface area contributed by atoms with E-state index in [2.05, 4.69) is 0 Å². The molecule has 9 heteroatoms. The van der Waals surface area contributed by atoms with Crippen LogP contribution in [0.4, 0.5) is 13.2 Å². The summed E-state index contributed by atoms with van der Waals surface area (Å²) in [6.45, 7) is 10.5. The molecule has 0 aromatic heterocycles. The average molecular weight is 472 g/mol. The number of rotatable bonds is 7. The van der Waals surface area contributed by atoms with E-state index >= 15 is 0 Å². The molecule has 0 spiro atoms. The monoisotopic (exact) mass is 471 g/mol. The van der Waals surface area contributed by atoms with Crippen molar-refractivity contribution in [3.8, 4) is 5.75 Å². The molecule has 0 saturated carbocycles. The number of amides is 1. The Morgan fingerprint density at radius 1 is 1.03 bits per heavy atom. The van der Waals surface area contributed by atoms with Crippen LogP contribution in [0.1, 0.15) is 45.7 Å². The van der Waals surface area contributed by atoms with E-state index in [0.29, 0.717) is 19.2 Å². The van der Waals surface area contributed by atoms with Gasteiger partial charge in [0.15, 0.2) is 0 Å². The minimum absolute atomic E-state index is 0.00125. The van der Waals surface area contributed by atoms with Gasteiger partial charge in [0, 0.05) is 18.5 Å². The van der Waals surface area contributed by atoms with Crippen molar-refractivity contribution in [1.29, 1.82) is 0 Å².